The summed E-state index contributed by atoms with van der Waals surface area (Å²) in [6.45, 7) is 5.91. The van der Waals surface area contributed by atoms with Crippen molar-refractivity contribution in [2.24, 2.45) is 0 Å². The Hall–Kier alpha value is -2.17. The number of rotatable bonds is 2. The molecule has 0 amide bonds. The lowest BCUT2D eigenvalue weighted by atomic mass is 10.1. The lowest BCUT2D eigenvalue weighted by Crippen LogP contribution is -2.22. The molecule has 0 spiro atoms. The summed E-state index contributed by atoms with van der Waals surface area (Å²) in [5, 5.41) is 0. The summed E-state index contributed by atoms with van der Waals surface area (Å²) in [6.07, 6.45) is 7.01. The Bertz CT molecular complexity index is 639. The molecule has 0 unspecified atom stereocenters. The number of hydrogen-bond acceptors (Lipinski definition) is 3. The second kappa shape index (κ2) is 7.57. The van der Waals surface area contributed by atoms with Gasteiger partial charge in [0.2, 0.25) is 0 Å². The lowest BCUT2D eigenvalue weighted by Gasteiger charge is -2.11. The van der Waals surface area contributed by atoms with Crippen LogP contribution in [0.5, 0.6) is 0 Å². The molecule has 0 bridgehead atoms. The van der Waals surface area contributed by atoms with E-state index in [2.05, 4.69) is 9.97 Å². The van der Waals surface area contributed by atoms with E-state index >= 15 is 0 Å². The summed E-state index contributed by atoms with van der Waals surface area (Å²) in [4.78, 5) is 20.3. The van der Waals surface area contributed by atoms with Gasteiger partial charge in [-0.25, -0.2) is 9.37 Å². The van der Waals surface area contributed by atoms with Gasteiger partial charge in [0, 0.05) is 14.1 Å². The average molecular weight is 291 g/mol. The summed E-state index contributed by atoms with van der Waals surface area (Å²) in [5.74, 6) is -0.142. The quantitative estimate of drug-likeness (QED) is 0.908. The molecule has 21 heavy (non-hydrogen) atoms. The Morgan fingerprint density at radius 2 is 2.00 bits per heavy atom. The van der Waals surface area contributed by atoms with E-state index in [9.17, 15) is 9.18 Å². The minimum atomic E-state index is -0.391. The molecule has 2 rings (SSSR count). The van der Waals surface area contributed by atoms with Crippen molar-refractivity contribution in [3.63, 3.8) is 0 Å². The van der Waals surface area contributed by atoms with Crippen LogP contribution in [0.25, 0.3) is 5.57 Å². The molecule has 0 aromatic carbocycles. The van der Waals surface area contributed by atoms with Crippen molar-refractivity contribution in [1.82, 2.24) is 9.97 Å². The fraction of sp³-hybridized carbons (Fsp3) is 0.375. The van der Waals surface area contributed by atoms with Crippen LogP contribution in [-0.2, 0) is 0 Å². The first-order valence-corrected chi connectivity index (χ1v) is 6.99. The zero-order chi connectivity index (χ0) is 16.0. The Morgan fingerprint density at radius 3 is 2.57 bits per heavy atom. The fourth-order valence-electron chi connectivity index (χ4n) is 1.84. The first-order chi connectivity index (χ1) is 9.99. The van der Waals surface area contributed by atoms with Gasteiger partial charge in [-0.15, -0.1) is 0 Å². The van der Waals surface area contributed by atoms with Crippen LogP contribution in [0, 0.1) is 0 Å². The van der Waals surface area contributed by atoms with E-state index in [4.69, 9.17) is 0 Å². The van der Waals surface area contributed by atoms with Gasteiger partial charge >= 0.3 is 0 Å². The van der Waals surface area contributed by atoms with Gasteiger partial charge in [-0.1, -0.05) is 25.5 Å². The van der Waals surface area contributed by atoms with Crippen molar-refractivity contribution in [1.29, 1.82) is 0 Å². The topological polar surface area (TPSA) is 49.0 Å². The summed E-state index contributed by atoms with van der Waals surface area (Å²) in [5.41, 5.74) is 1.48. The molecule has 0 aliphatic heterocycles. The van der Waals surface area contributed by atoms with Crippen molar-refractivity contribution in [3.05, 3.63) is 52.0 Å². The molecule has 0 radical (unpaired) electrons. The molecule has 0 saturated carbocycles. The first kappa shape index (κ1) is 16.9. The standard InChI is InChI=1S/C14H16FN3O.C2H6/c1-9-5-4-6-11(15)10(7-9)13-16-8-12(18(2)3)14(19)17-13;1-2/h4,6-8H,5H2,1-3H3,(H,16,17,19);1-2H3. The number of hydrogen-bond donors (Lipinski definition) is 1. The maximum absolute atomic E-state index is 13.9. The lowest BCUT2D eigenvalue weighted by molar-refractivity contribution is 0.669. The largest absolute Gasteiger partial charge is 0.372 e. The van der Waals surface area contributed by atoms with Gasteiger partial charge in [0.05, 0.1) is 11.8 Å². The summed E-state index contributed by atoms with van der Waals surface area (Å²) in [7, 11) is 3.51. The molecule has 0 saturated heterocycles. The average Bonchev–Trinajstić information content (AvgIpc) is 2.62. The fourth-order valence-corrected chi connectivity index (χ4v) is 1.84. The van der Waals surface area contributed by atoms with Crippen molar-refractivity contribution in [3.8, 4) is 0 Å². The van der Waals surface area contributed by atoms with Gasteiger partial charge in [-0.2, -0.15) is 0 Å². The van der Waals surface area contributed by atoms with Gasteiger partial charge in [0.25, 0.3) is 5.56 Å². The molecule has 1 aliphatic rings. The normalized spacial score (nSPS) is 14.1. The van der Waals surface area contributed by atoms with Crippen molar-refractivity contribution in [2.75, 3.05) is 19.0 Å². The third-order valence-corrected chi connectivity index (χ3v) is 2.87. The van der Waals surface area contributed by atoms with E-state index in [1.54, 1.807) is 31.1 Å². The molecule has 1 aliphatic carbocycles. The SMILES string of the molecule is CC.CC1=CC(c2ncc(N(C)C)c(=O)[nH]2)=C(F)C=CC1. The number of anilines is 1. The van der Waals surface area contributed by atoms with Crippen molar-refractivity contribution in [2.45, 2.75) is 27.2 Å². The predicted molar refractivity (Wildman–Crippen MR) is 86.1 cm³/mol. The van der Waals surface area contributed by atoms with Gasteiger partial charge in [-0.05, 0) is 25.5 Å². The monoisotopic (exact) mass is 291 g/mol. The number of nitrogens with one attached hydrogen (secondary N) is 1. The van der Waals surface area contributed by atoms with Crippen LogP contribution in [0.3, 0.4) is 0 Å². The molecule has 1 heterocycles. The maximum atomic E-state index is 13.9. The number of nitrogens with zero attached hydrogens (tertiary/aromatic N) is 2. The minimum absolute atomic E-state index is 0.249. The third-order valence-electron chi connectivity index (χ3n) is 2.87. The summed E-state index contributed by atoms with van der Waals surface area (Å²) < 4.78 is 13.9. The number of H-pyrrole nitrogens is 1. The minimum Gasteiger partial charge on any atom is -0.372 e. The highest BCUT2D eigenvalue weighted by atomic mass is 19.1. The second-order valence-electron chi connectivity index (χ2n) is 4.70. The smallest absolute Gasteiger partial charge is 0.274 e. The number of halogens is 1. The highest BCUT2D eigenvalue weighted by molar-refractivity contribution is 5.74. The van der Waals surface area contributed by atoms with Crippen LogP contribution in [0.2, 0.25) is 0 Å². The molecule has 114 valence electrons. The molecule has 5 heteroatoms. The molecule has 1 N–H and O–H groups in total. The Morgan fingerprint density at radius 1 is 1.33 bits per heavy atom. The van der Waals surface area contributed by atoms with Crippen molar-refractivity contribution < 1.29 is 4.39 Å². The Kier molecular flexibility index (Phi) is 6.09. The maximum Gasteiger partial charge on any atom is 0.274 e. The Labute approximate surface area is 124 Å². The van der Waals surface area contributed by atoms with E-state index in [1.807, 2.05) is 20.8 Å². The van der Waals surface area contributed by atoms with E-state index in [0.29, 0.717) is 17.7 Å². The molecule has 4 nitrogen and oxygen atoms in total. The van der Waals surface area contributed by atoms with Gasteiger partial charge in [0.15, 0.2) is 0 Å². The third kappa shape index (κ3) is 4.15. The molecular formula is C16H22FN3O. The molecule has 1 aromatic heterocycles. The molecule has 0 atom stereocenters. The van der Waals surface area contributed by atoms with Crippen LogP contribution in [0.4, 0.5) is 10.1 Å². The van der Waals surface area contributed by atoms with Crippen LogP contribution < -0.4 is 10.5 Å². The zero-order valence-electron chi connectivity index (χ0n) is 13.2. The molecular weight excluding hydrogens is 269 g/mol. The zero-order valence-corrected chi connectivity index (χ0v) is 13.2. The first-order valence-electron chi connectivity index (χ1n) is 6.99. The summed E-state index contributed by atoms with van der Waals surface area (Å²) >= 11 is 0. The number of aromatic amines is 1. The van der Waals surface area contributed by atoms with E-state index < -0.39 is 5.83 Å². The van der Waals surface area contributed by atoms with E-state index in [0.717, 1.165) is 5.57 Å². The van der Waals surface area contributed by atoms with Crippen LogP contribution >= 0.6 is 0 Å². The molecule has 1 aromatic rings. The van der Waals surface area contributed by atoms with Gasteiger partial charge in [0.1, 0.15) is 17.3 Å². The van der Waals surface area contributed by atoms with Gasteiger partial charge < -0.3 is 9.88 Å². The Balaban J connectivity index is 0.00000106. The summed E-state index contributed by atoms with van der Waals surface area (Å²) in [6, 6.07) is 0. The molecule has 0 fully saturated rings. The number of allylic oxidation sites excluding steroid dienone is 6. The predicted octanol–water partition coefficient (Wildman–Crippen LogP) is 3.45. The van der Waals surface area contributed by atoms with Gasteiger partial charge in [-0.3, -0.25) is 4.79 Å². The number of aromatic nitrogens is 2. The van der Waals surface area contributed by atoms with E-state index in [1.165, 1.54) is 12.3 Å². The highest BCUT2D eigenvalue weighted by Gasteiger charge is 2.12. The van der Waals surface area contributed by atoms with Crippen LogP contribution in [0.1, 0.15) is 33.0 Å². The second-order valence-corrected chi connectivity index (χ2v) is 4.70. The highest BCUT2D eigenvalue weighted by Crippen LogP contribution is 2.24. The van der Waals surface area contributed by atoms with Crippen molar-refractivity contribution >= 4 is 11.3 Å². The van der Waals surface area contributed by atoms with Crippen LogP contribution in [0.15, 0.2) is 40.6 Å². The van der Waals surface area contributed by atoms with Crippen LogP contribution in [-0.4, -0.2) is 24.1 Å². The van der Waals surface area contributed by atoms with E-state index in [-0.39, 0.29) is 11.4 Å².